The number of anilines is 7. The van der Waals surface area contributed by atoms with Gasteiger partial charge >= 0.3 is 0 Å². The third kappa shape index (κ3) is 6.73. The Balaban J connectivity index is 1.03. The Hall–Kier alpha value is -7.44. The quantitative estimate of drug-likeness (QED) is 0.165. The summed E-state index contributed by atoms with van der Waals surface area (Å²) >= 11 is 0. The molecule has 2 aromatic heterocycles. The maximum absolute atomic E-state index is 6.94. The van der Waals surface area contributed by atoms with Crippen LogP contribution in [-0.4, -0.2) is 22.4 Å². The van der Waals surface area contributed by atoms with E-state index in [2.05, 4.69) is 269 Å². The summed E-state index contributed by atoms with van der Waals surface area (Å²) in [6.45, 7) is 36.9. The number of rotatable bonds is 3. The molecule has 0 radical (unpaired) electrons. The summed E-state index contributed by atoms with van der Waals surface area (Å²) in [7, 11) is 0. The molecule has 0 bridgehead atoms. The van der Waals surface area contributed by atoms with Crippen LogP contribution in [0.2, 0.25) is 0 Å². The second kappa shape index (κ2) is 17.0. The van der Waals surface area contributed by atoms with Gasteiger partial charge in [-0.15, -0.1) is 0 Å². The van der Waals surface area contributed by atoms with E-state index in [1.807, 2.05) is 0 Å². The van der Waals surface area contributed by atoms with Crippen molar-refractivity contribution in [3.05, 3.63) is 185 Å². The smallest absolute Gasteiger partial charge is 0.252 e. The Bertz CT molecular complexity index is 4680. The molecule has 0 amide bonds. The predicted molar refractivity (Wildman–Crippen MR) is 369 cm³/mol. The van der Waals surface area contributed by atoms with Gasteiger partial charge in [0.1, 0.15) is 11.2 Å². The van der Waals surface area contributed by atoms with Gasteiger partial charge in [-0.1, -0.05) is 201 Å². The van der Waals surface area contributed by atoms with E-state index in [1.54, 1.807) is 0 Å². The lowest BCUT2D eigenvalue weighted by Gasteiger charge is -2.51. The molecule has 87 heavy (non-hydrogen) atoms. The van der Waals surface area contributed by atoms with Gasteiger partial charge in [0.15, 0.2) is 0 Å². The number of nitrogens with zero attached hydrogens (tertiary/aromatic N) is 4. The molecule has 10 aromatic rings. The van der Waals surface area contributed by atoms with Gasteiger partial charge in [-0.3, -0.25) is 0 Å². The summed E-state index contributed by atoms with van der Waals surface area (Å²) in [5, 5.41) is 3.66. The Labute approximate surface area is 516 Å². The molecule has 0 spiro atoms. The number of hydrogen-bond donors (Lipinski definition) is 0. The Morgan fingerprint density at radius 1 is 0.437 bits per heavy atom. The second-order valence-corrected chi connectivity index (χ2v) is 32.4. The van der Waals surface area contributed by atoms with Gasteiger partial charge in [-0.05, 0) is 172 Å². The molecule has 4 atom stereocenters. The van der Waals surface area contributed by atoms with Crippen LogP contribution in [0.3, 0.4) is 0 Å². The highest BCUT2D eigenvalue weighted by Gasteiger charge is 2.60. The summed E-state index contributed by atoms with van der Waals surface area (Å²) in [5.74, 6) is 0. The van der Waals surface area contributed by atoms with Crippen LogP contribution in [0, 0.1) is 0 Å². The fourth-order valence-electron chi connectivity index (χ4n) is 19.1. The Morgan fingerprint density at radius 2 is 1.01 bits per heavy atom. The van der Waals surface area contributed by atoms with Crippen molar-refractivity contribution in [3.8, 4) is 16.8 Å². The van der Waals surface area contributed by atoms with Crippen molar-refractivity contribution < 1.29 is 4.42 Å². The van der Waals surface area contributed by atoms with E-state index < -0.39 is 0 Å². The van der Waals surface area contributed by atoms with E-state index in [-0.39, 0.29) is 50.3 Å². The summed E-state index contributed by atoms with van der Waals surface area (Å²) in [4.78, 5) is 8.43. The van der Waals surface area contributed by atoms with Crippen LogP contribution in [0.25, 0.3) is 49.7 Å². The van der Waals surface area contributed by atoms with Crippen molar-refractivity contribution >= 4 is 95.8 Å². The van der Waals surface area contributed by atoms with E-state index in [4.69, 9.17) is 4.42 Å². The normalized spacial score (nSPS) is 23.9. The lowest BCUT2D eigenvalue weighted by molar-refractivity contribution is 0.195. The van der Waals surface area contributed by atoms with Gasteiger partial charge in [0.2, 0.25) is 0 Å². The molecular weight excluding hydrogens is 1060 g/mol. The maximum Gasteiger partial charge on any atom is 0.252 e. The molecule has 4 unspecified atom stereocenters. The van der Waals surface area contributed by atoms with Crippen molar-refractivity contribution in [2.75, 3.05) is 14.7 Å². The molecule has 6 heterocycles. The first-order chi connectivity index (χ1) is 41.3. The van der Waals surface area contributed by atoms with Crippen molar-refractivity contribution in [2.24, 2.45) is 0 Å². The number of para-hydroxylation sites is 1. The first-order valence-electron chi connectivity index (χ1n) is 33.0. The summed E-state index contributed by atoms with van der Waals surface area (Å²) in [6, 6.07) is 58.4. The van der Waals surface area contributed by atoms with Crippen molar-refractivity contribution in [2.45, 2.75) is 199 Å². The van der Waals surface area contributed by atoms with Gasteiger partial charge in [-0.2, -0.15) is 0 Å². The number of furan rings is 1. The van der Waals surface area contributed by atoms with Crippen LogP contribution in [0.15, 0.2) is 150 Å². The molecule has 0 saturated heterocycles. The highest BCUT2D eigenvalue weighted by atomic mass is 16.3. The van der Waals surface area contributed by atoms with Gasteiger partial charge < -0.3 is 23.7 Å². The Morgan fingerprint density at radius 3 is 1.67 bits per heavy atom. The van der Waals surface area contributed by atoms with Crippen LogP contribution < -0.4 is 31.1 Å². The van der Waals surface area contributed by atoms with Crippen molar-refractivity contribution in [3.63, 3.8) is 0 Å². The van der Waals surface area contributed by atoms with E-state index in [1.165, 1.54) is 149 Å². The van der Waals surface area contributed by atoms with E-state index >= 15 is 0 Å². The predicted octanol–water partition coefficient (Wildman–Crippen LogP) is 19.8. The molecule has 438 valence electrons. The molecule has 4 aliphatic heterocycles. The van der Waals surface area contributed by atoms with Gasteiger partial charge in [0.05, 0.1) is 22.2 Å². The fraction of sp³-hybridized carbons (Fsp3) is 0.383. The molecule has 2 fully saturated rings. The van der Waals surface area contributed by atoms with Crippen molar-refractivity contribution in [1.29, 1.82) is 0 Å². The zero-order chi connectivity index (χ0) is 60.2. The average molecular weight is 1140 g/mol. The van der Waals surface area contributed by atoms with Crippen LogP contribution in [0.1, 0.15) is 194 Å². The summed E-state index contributed by atoms with van der Waals surface area (Å²) in [6.07, 6.45) is 9.49. The zero-order valence-electron chi connectivity index (χ0n) is 54.3. The second-order valence-electron chi connectivity index (χ2n) is 32.4. The van der Waals surface area contributed by atoms with Crippen LogP contribution in [0.4, 0.5) is 39.8 Å². The van der Waals surface area contributed by atoms with Gasteiger partial charge in [-0.25, -0.2) is 0 Å². The molecule has 6 heteroatoms. The Kier molecular flexibility index (Phi) is 10.5. The van der Waals surface area contributed by atoms with E-state index in [0.717, 1.165) is 46.9 Å². The third-order valence-corrected chi connectivity index (χ3v) is 24.3. The number of benzene rings is 8. The molecule has 8 aromatic carbocycles. The van der Waals surface area contributed by atoms with Crippen LogP contribution in [-0.2, 0) is 32.5 Å². The molecule has 5 nitrogen and oxygen atoms in total. The van der Waals surface area contributed by atoms with Crippen LogP contribution >= 0.6 is 0 Å². The first-order valence-corrected chi connectivity index (χ1v) is 33.0. The molecule has 2 saturated carbocycles. The molecule has 17 rings (SSSR count). The van der Waals surface area contributed by atoms with Crippen LogP contribution in [0.5, 0.6) is 0 Å². The highest BCUT2D eigenvalue weighted by molar-refractivity contribution is 7.00. The standard InChI is InChI=1S/C81H85BN4O/c1-74(2,3)48-31-35-61-57(42-48)78(12)37-20-22-39-80(78,14)85(61)51-33-34-59-64(45-51)83(63-28-24-30-68-70(63)54-26-17-19-29-67(54)87-68)65-46-52(86-62-36-32-49(75(4,5)6)43-58(62)79(13)38-21-23-40-81(79,86)15)47-66-71(65)82(59)60-44-50(76(7,8)9)41-55-69-53-25-16-18-27-56(53)77(10,11)73(69)84(66)72(55)60/h16-19,24-36,41-47H,20-23,37-40H2,1-15H3. The summed E-state index contributed by atoms with van der Waals surface area (Å²) in [5.41, 5.74) is 29.5. The maximum atomic E-state index is 6.94. The average Bonchev–Trinajstić information content (AvgIpc) is 1.79. The lowest BCUT2D eigenvalue weighted by Crippen LogP contribution is -2.61. The number of hydrogen-bond acceptors (Lipinski definition) is 4. The molecule has 0 N–H and O–H groups in total. The highest BCUT2D eigenvalue weighted by Crippen LogP contribution is 2.65. The van der Waals surface area contributed by atoms with Gasteiger partial charge in [0.25, 0.3) is 6.71 Å². The third-order valence-electron chi connectivity index (χ3n) is 24.3. The minimum atomic E-state index is -0.288. The summed E-state index contributed by atoms with van der Waals surface area (Å²) < 4.78 is 9.75. The van der Waals surface area contributed by atoms with Gasteiger partial charge in [0, 0.05) is 83.6 Å². The minimum absolute atomic E-state index is 0.0181. The molecular formula is C81H85BN4O. The first kappa shape index (κ1) is 53.8. The molecule has 3 aliphatic carbocycles. The van der Waals surface area contributed by atoms with Crippen molar-refractivity contribution in [1.82, 2.24) is 4.57 Å². The minimum Gasteiger partial charge on any atom is -0.456 e. The monoisotopic (exact) mass is 1140 g/mol. The fourth-order valence-corrected chi connectivity index (χ4v) is 19.1. The number of fused-ring (bicyclic) bond motifs is 18. The SMILES string of the molecule is CC(C)(C)c1ccc2c(c1)C1(C)CCCCC1(C)N2c1ccc2c(c1)N(c1cccc3oc4ccccc4c13)c1cc(N3c4ccc(C(C)(C)C)cc4C4(C)CCCCC34C)cc3c1B2c1cc(C(C)(C)C)cc2c4c(n-3c12)C(C)(C)c1ccccc1-4. The largest absolute Gasteiger partial charge is 0.456 e. The molecule has 7 aliphatic rings. The zero-order valence-corrected chi connectivity index (χ0v) is 54.3. The van der Waals surface area contributed by atoms with E-state index in [9.17, 15) is 0 Å². The van der Waals surface area contributed by atoms with E-state index in [0.29, 0.717) is 0 Å². The number of aromatic nitrogens is 1. The topological polar surface area (TPSA) is 27.8 Å². The lowest BCUT2D eigenvalue weighted by atomic mass is 9.33.